The van der Waals surface area contributed by atoms with Gasteiger partial charge >= 0.3 is 11.9 Å². The minimum absolute atomic E-state index is 0.0330. The van der Waals surface area contributed by atoms with Gasteiger partial charge in [0.05, 0.1) is 10.3 Å². The van der Waals surface area contributed by atoms with Crippen LogP contribution in [0.2, 0.25) is 0 Å². The van der Waals surface area contributed by atoms with Gasteiger partial charge in [-0.3, -0.25) is 0 Å². The van der Waals surface area contributed by atoms with Gasteiger partial charge in [0.15, 0.2) is 5.57 Å². The van der Waals surface area contributed by atoms with E-state index in [0.29, 0.717) is 4.24 Å². The third-order valence-corrected chi connectivity index (χ3v) is 5.07. The molecule has 0 aromatic rings. The molecule has 0 bridgehead atoms. The predicted molar refractivity (Wildman–Crippen MR) is 80.9 cm³/mol. The van der Waals surface area contributed by atoms with E-state index in [1.807, 2.05) is 10.8 Å². The molecule has 6 heteroatoms. The molecular formula is C14H18O4S2. The number of carbonyl (C=O) groups excluding carboxylic acids is 2. The fourth-order valence-corrected chi connectivity index (χ4v) is 3.88. The molecule has 1 fully saturated rings. The highest BCUT2D eigenvalue weighted by Gasteiger charge is 2.31. The number of rotatable bonds is 4. The summed E-state index contributed by atoms with van der Waals surface area (Å²) in [7, 11) is 0. The van der Waals surface area contributed by atoms with E-state index in [0.717, 1.165) is 25.7 Å². The quantitative estimate of drug-likeness (QED) is 0.342. The first-order valence-corrected chi connectivity index (χ1v) is 8.48. The van der Waals surface area contributed by atoms with Crippen molar-refractivity contribution in [1.29, 1.82) is 0 Å². The molecule has 1 saturated carbocycles. The van der Waals surface area contributed by atoms with Crippen molar-refractivity contribution >= 4 is 35.5 Å². The zero-order chi connectivity index (χ0) is 14.5. The van der Waals surface area contributed by atoms with Gasteiger partial charge in [0.25, 0.3) is 0 Å². The lowest BCUT2D eigenvalue weighted by atomic mass is 10.3. The summed E-state index contributed by atoms with van der Waals surface area (Å²) in [5, 5.41) is 3.68. The lowest BCUT2D eigenvalue weighted by Crippen LogP contribution is -2.24. The zero-order valence-electron chi connectivity index (χ0n) is 11.6. The fourth-order valence-electron chi connectivity index (χ4n) is 2.06. The molecule has 0 atom stereocenters. The molecule has 20 heavy (non-hydrogen) atoms. The Morgan fingerprint density at radius 3 is 2.30 bits per heavy atom. The van der Waals surface area contributed by atoms with Crippen molar-refractivity contribution in [3.63, 3.8) is 0 Å². The smallest absolute Gasteiger partial charge is 0.347 e. The molecule has 4 nitrogen and oxygen atoms in total. The number of esters is 2. The third kappa shape index (κ3) is 4.06. The summed E-state index contributed by atoms with van der Waals surface area (Å²) >= 11 is 2.70. The summed E-state index contributed by atoms with van der Waals surface area (Å²) in [6.07, 6.45) is 3.59. The average molecular weight is 314 g/mol. The Morgan fingerprint density at radius 1 is 1.15 bits per heavy atom. The maximum atomic E-state index is 12.3. The van der Waals surface area contributed by atoms with Gasteiger partial charge < -0.3 is 9.47 Å². The van der Waals surface area contributed by atoms with E-state index in [1.54, 1.807) is 13.8 Å². The lowest BCUT2D eigenvalue weighted by Gasteiger charge is -2.15. The van der Waals surface area contributed by atoms with Crippen molar-refractivity contribution in [3.8, 4) is 0 Å². The molecule has 1 aliphatic carbocycles. The summed E-state index contributed by atoms with van der Waals surface area (Å²) in [6, 6.07) is 0. The zero-order valence-corrected chi connectivity index (χ0v) is 13.2. The Kier molecular flexibility index (Phi) is 5.60. The minimum Gasteiger partial charge on any atom is -0.459 e. The highest BCUT2D eigenvalue weighted by atomic mass is 32.2. The second kappa shape index (κ2) is 7.22. The molecular weight excluding hydrogens is 296 g/mol. The molecule has 1 heterocycles. The van der Waals surface area contributed by atoms with Gasteiger partial charge in [-0.25, -0.2) is 9.59 Å². The number of ether oxygens (including phenoxy) is 2. The van der Waals surface area contributed by atoms with Crippen LogP contribution in [0, 0.1) is 0 Å². The van der Waals surface area contributed by atoms with E-state index >= 15 is 0 Å². The van der Waals surface area contributed by atoms with Gasteiger partial charge in [-0.1, -0.05) is 23.5 Å². The van der Waals surface area contributed by atoms with E-state index in [1.165, 1.54) is 23.5 Å². The number of hydrogen-bond donors (Lipinski definition) is 0. The van der Waals surface area contributed by atoms with E-state index < -0.39 is 11.9 Å². The van der Waals surface area contributed by atoms with Crippen molar-refractivity contribution in [2.45, 2.75) is 51.7 Å². The molecule has 1 aliphatic heterocycles. The number of thioether (sulfide) groups is 2. The van der Waals surface area contributed by atoms with Crippen LogP contribution in [0.1, 0.15) is 39.5 Å². The van der Waals surface area contributed by atoms with Gasteiger partial charge in [-0.15, -0.1) is 0 Å². The molecule has 2 rings (SSSR count). The fraction of sp³-hybridized carbons (Fsp3) is 0.571. The standard InChI is InChI=1S/C14H18O4S2/c1-9(2)17-12(15)11(14-19-7-8-20-14)13(16)18-10-5-3-4-6-10/h7-10H,3-6H2,1-2H3. The van der Waals surface area contributed by atoms with Crippen molar-refractivity contribution in [2.75, 3.05) is 0 Å². The van der Waals surface area contributed by atoms with Crippen LogP contribution in [0.3, 0.4) is 0 Å². The Hall–Kier alpha value is -0.880. The van der Waals surface area contributed by atoms with Crippen molar-refractivity contribution in [2.24, 2.45) is 0 Å². The molecule has 0 spiro atoms. The second-order valence-corrected chi connectivity index (χ2v) is 7.03. The first-order chi connectivity index (χ1) is 9.58. The van der Waals surface area contributed by atoms with Gasteiger partial charge in [-0.2, -0.15) is 0 Å². The second-order valence-electron chi connectivity index (χ2n) is 4.94. The van der Waals surface area contributed by atoms with Crippen molar-refractivity contribution in [1.82, 2.24) is 0 Å². The molecule has 0 N–H and O–H groups in total. The van der Waals surface area contributed by atoms with Crippen molar-refractivity contribution in [3.05, 3.63) is 20.6 Å². The minimum atomic E-state index is -0.596. The Labute approximate surface area is 127 Å². The maximum absolute atomic E-state index is 12.3. The van der Waals surface area contributed by atoms with E-state index in [9.17, 15) is 9.59 Å². The van der Waals surface area contributed by atoms with Crippen LogP contribution in [-0.4, -0.2) is 24.1 Å². The Morgan fingerprint density at radius 2 is 1.75 bits per heavy atom. The van der Waals surface area contributed by atoms with Crippen LogP contribution in [0.5, 0.6) is 0 Å². The number of carbonyl (C=O) groups is 2. The van der Waals surface area contributed by atoms with E-state index in [4.69, 9.17) is 9.47 Å². The topological polar surface area (TPSA) is 52.6 Å². The van der Waals surface area contributed by atoms with E-state index in [2.05, 4.69) is 0 Å². The molecule has 0 amide bonds. The molecule has 0 aromatic carbocycles. The van der Waals surface area contributed by atoms with E-state index in [-0.39, 0.29) is 17.8 Å². The average Bonchev–Trinajstić information content (AvgIpc) is 3.01. The molecule has 110 valence electrons. The molecule has 2 aliphatic rings. The Balaban J connectivity index is 2.11. The summed E-state index contributed by atoms with van der Waals surface area (Å²) in [6.45, 7) is 3.52. The van der Waals surface area contributed by atoms with Crippen LogP contribution in [0.4, 0.5) is 0 Å². The Bertz CT molecular complexity index is 438. The molecule has 0 unspecified atom stereocenters. The monoisotopic (exact) mass is 314 g/mol. The first kappa shape index (κ1) is 15.5. The summed E-state index contributed by atoms with van der Waals surface area (Å²) in [5.74, 6) is -1.15. The van der Waals surface area contributed by atoms with Crippen LogP contribution < -0.4 is 0 Å². The third-order valence-electron chi connectivity index (χ3n) is 2.94. The van der Waals surface area contributed by atoms with Gasteiger partial charge in [0.1, 0.15) is 6.10 Å². The SMILES string of the molecule is CC(C)OC(=O)C(C(=O)OC1CCCC1)=C1SC=CS1. The largest absolute Gasteiger partial charge is 0.459 e. The molecule has 0 saturated heterocycles. The first-order valence-electron chi connectivity index (χ1n) is 6.72. The van der Waals surface area contributed by atoms with Crippen LogP contribution in [-0.2, 0) is 19.1 Å². The summed E-state index contributed by atoms with van der Waals surface area (Å²) in [5.41, 5.74) is 0.0330. The summed E-state index contributed by atoms with van der Waals surface area (Å²) < 4.78 is 11.2. The van der Waals surface area contributed by atoms with Gasteiger partial charge in [-0.05, 0) is 50.3 Å². The van der Waals surface area contributed by atoms with Crippen LogP contribution >= 0.6 is 23.5 Å². The van der Waals surface area contributed by atoms with Crippen molar-refractivity contribution < 1.29 is 19.1 Å². The maximum Gasteiger partial charge on any atom is 0.347 e. The molecule has 0 radical (unpaired) electrons. The predicted octanol–water partition coefficient (Wildman–Crippen LogP) is 3.59. The van der Waals surface area contributed by atoms with Gasteiger partial charge in [0, 0.05) is 0 Å². The normalized spacial score (nSPS) is 18.6. The summed E-state index contributed by atoms with van der Waals surface area (Å²) in [4.78, 5) is 24.4. The van der Waals surface area contributed by atoms with Gasteiger partial charge in [0.2, 0.25) is 0 Å². The lowest BCUT2D eigenvalue weighted by molar-refractivity contribution is -0.151. The highest BCUT2D eigenvalue weighted by molar-refractivity contribution is 8.27. The van der Waals surface area contributed by atoms with Crippen LogP contribution in [0.25, 0.3) is 0 Å². The number of hydrogen-bond acceptors (Lipinski definition) is 6. The van der Waals surface area contributed by atoms with Crippen LogP contribution in [0.15, 0.2) is 20.6 Å². The molecule has 0 aromatic heterocycles. The highest BCUT2D eigenvalue weighted by Crippen LogP contribution is 2.40.